The molecule has 0 atom stereocenters. The number of benzene rings is 2. The second-order valence-electron chi connectivity index (χ2n) is 5.01. The molecule has 0 unspecified atom stereocenters. The van der Waals surface area contributed by atoms with Gasteiger partial charge in [0, 0.05) is 0 Å². The van der Waals surface area contributed by atoms with Crippen molar-refractivity contribution in [3.63, 3.8) is 0 Å². The number of halogens is 3. The standard InChI is InChI=1S/C16H13F3N2O2/c17-16(18,19)21-14-9-5-4-8-13(14)10-20(15(21)22)23-11-12-6-2-1-3-7-12/h1-9H,10-11H2. The summed E-state index contributed by atoms with van der Waals surface area (Å²) in [6.45, 7) is -0.0190. The molecule has 2 aromatic rings. The molecule has 0 fully saturated rings. The van der Waals surface area contributed by atoms with Crippen molar-refractivity contribution in [2.24, 2.45) is 0 Å². The minimum Gasteiger partial charge on any atom is -0.264 e. The normalized spacial score (nSPS) is 14.8. The van der Waals surface area contributed by atoms with Gasteiger partial charge in [-0.3, -0.25) is 4.84 Å². The van der Waals surface area contributed by atoms with E-state index in [4.69, 9.17) is 4.84 Å². The van der Waals surface area contributed by atoms with Gasteiger partial charge in [-0.1, -0.05) is 48.5 Å². The van der Waals surface area contributed by atoms with Crippen molar-refractivity contribution in [2.75, 3.05) is 4.90 Å². The van der Waals surface area contributed by atoms with Gasteiger partial charge in [0.2, 0.25) is 0 Å². The van der Waals surface area contributed by atoms with Crippen LogP contribution in [0.4, 0.5) is 23.7 Å². The highest BCUT2D eigenvalue weighted by Crippen LogP contribution is 2.36. The van der Waals surface area contributed by atoms with Crippen molar-refractivity contribution in [1.29, 1.82) is 0 Å². The lowest BCUT2D eigenvalue weighted by atomic mass is 10.1. The second-order valence-corrected chi connectivity index (χ2v) is 5.01. The number of alkyl halides is 3. The number of hydrogen-bond donors (Lipinski definition) is 0. The molecule has 1 aliphatic heterocycles. The molecule has 0 spiro atoms. The van der Waals surface area contributed by atoms with Crippen LogP contribution in [-0.4, -0.2) is 17.4 Å². The van der Waals surface area contributed by atoms with Crippen LogP contribution in [0.15, 0.2) is 54.6 Å². The van der Waals surface area contributed by atoms with Crippen LogP contribution in [0, 0.1) is 0 Å². The van der Waals surface area contributed by atoms with Gasteiger partial charge < -0.3 is 0 Å². The third-order valence-corrected chi connectivity index (χ3v) is 3.43. The van der Waals surface area contributed by atoms with E-state index in [0.717, 1.165) is 10.6 Å². The number of hydroxylamine groups is 2. The number of carbonyl (C=O) groups is 1. The number of hydrogen-bond acceptors (Lipinski definition) is 2. The lowest BCUT2D eigenvalue weighted by molar-refractivity contribution is -0.159. The summed E-state index contributed by atoms with van der Waals surface area (Å²) in [7, 11) is 0. The van der Waals surface area contributed by atoms with Crippen molar-refractivity contribution in [2.45, 2.75) is 19.5 Å². The van der Waals surface area contributed by atoms with Crippen molar-refractivity contribution in [3.8, 4) is 0 Å². The van der Waals surface area contributed by atoms with Gasteiger partial charge in [0.1, 0.15) is 6.61 Å². The molecule has 0 aliphatic carbocycles. The van der Waals surface area contributed by atoms with Crippen LogP contribution in [0.2, 0.25) is 0 Å². The zero-order valence-corrected chi connectivity index (χ0v) is 12.0. The van der Waals surface area contributed by atoms with Gasteiger partial charge in [-0.2, -0.15) is 5.06 Å². The van der Waals surface area contributed by atoms with Gasteiger partial charge in [-0.25, -0.2) is 9.69 Å². The molecule has 2 aromatic carbocycles. The Labute approximate surface area is 130 Å². The summed E-state index contributed by atoms with van der Waals surface area (Å²) in [5.74, 6) is 0. The largest absolute Gasteiger partial charge is 0.493 e. The molecule has 0 saturated heterocycles. The molecule has 23 heavy (non-hydrogen) atoms. The zero-order valence-electron chi connectivity index (χ0n) is 12.0. The topological polar surface area (TPSA) is 32.8 Å². The molecular weight excluding hydrogens is 309 g/mol. The second kappa shape index (κ2) is 5.92. The summed E-state index contributed by atoms with van der Waals surface area (Å²) >= 11 is 0. The third kappa shape index (κ3) is 3.14. The number of fused-ring (bicyclic) bond motifs is 1. The van der Waals surface area contributed by atoms with Crippen LogP contribution < -0.4 is 4.90 Å². The number of carbonyl (C=O) groups excluding carboxylic acids is 1. The molecule has 0 aromatic heterocycles. The van der Waals surface area contributed by atoms with E-state index >= 15 is 0 Å². The molecular formula is C16H13F3N2O2. The first-order valence-corrected chi connectivity index (χ1v) is 6.90. The van der Waals surface area contributed by atoms with Gasteiger partial charge in [0.05, 0.1) is 12.2 Å². The molecule has 120 valence electrons. The quantitative estimate of drug-likeness (QED) is 0.798. The summed E-state index contributed by atoms with van der Waals surface area (Å²) in [5, 5.41) is 0.739. The van der Waals surface area contributed by atoms with E-state index in [1.807, 2.05) is 6.07 Å². The summed E-state index contributed by atoms with van der Waals surface area (Å²) < 4.78 is 39.7. The molecule has 1 heterocycles. The molecule has 1 aliphatic rings. The molecule has 0 N–H and O–H groups in total. The van der Waals surface area contributed by atoms with Gasteiger partial charge in [0.25, 0.3) is 0 Å². The Bertz CT molecular complexity index is 704. The highest BCUT2D eigenvalue weighted by molar-refractivity contribution is 5.94. The maximum absolute atomic E-state index is 13.2. The average molecular weight is 322 g/mol. The highest BCUT2D eigenvalue weighted by atomic mass is 19.4. The van der Waals surface area contributed by atoms with Crippen LogP contribution in [0.1, 0.15) is 11.1 Å². The molecule has 3 rings (SSSR count). The number of urea groups is 1. The molecule has 0 bridgehead atoms. The maximum Gasteiger partial charge on any atom is 0.493 e. The van der Waals surface area contributed by atoms with Gasteiger partial charge in [-0.05, 0) is 17.2 Å². The van der Waals surface area contributed by atoms with E-state index in [2.05, 4.69) is 0 Å². The monoisotopic (exact) mass is 322 g/mol. The Morgan fingerprint density at radius 3 is 2.35 bits per heavy atom. The lowest BCUT2D eigenvalue weighted by Gasteiger charge is -2.36. The third-order valence-electron chi connectivity index (χ3n) is 3.43. The van der Waals surface area contributed by atoms with Gasteiger partial charge in [0.15, 0.2) is 0 Å². The van der Waals surface area contributed by atoms with Crippen LogP contribution in [0.25, 0.3) is 0 Å². The predicted molar refractivity (Wildman–Crippen MR) is 77.1 cm³/mol. The fraction of sp³-hybridized carbons (Fsp3) is 0.188. The minimum absolute atomic E-state index is 0.0143. The van der Waals surface area contributed by atoms with E-state index in [1.165, 1.54) is 12.1 Å². The molecule has 4 nitrogen and oxygen atoms in total. The van der Waals surface area contributed by atoms with E-state index in [-0.39, 0.29) is 23.7 Å². The Morgan fingerprint density at radius 1 is 1.00 bits per heavy atom. The Morgan fingerprint density at radius 2 is 1.65 bits per heavy atom. The zero-order chi connectivity index (χ0) is 16.4. The Kier molecular flexibility index (Phi) is 3.96. The van der Waals surface area contributed by atoms with Crippen molar-refractivity contribution in [1.82, 2.24) is 5.06 Å². The van der Waals surface area contributed by atoms with E-state index in [0.29, 0.717) is 5.56 Å². The van der Waals surface area contributed by atoms with E-state index in [9.17, 15) is 18.0 Å². The Hall–Kier alpha value is -2.54. The maximum atomic E-state index is 13.2. The van der Waals surface area contributed by atoms with Crippen molar-refractivity contribution >= 4 is 11.7 Å². The molecule has 0 saturated carbocycles. The SMILES string of the molecule is O=C1N(OCc2ccccc2)Cc2ccccc2N1C(F)(F)F. The summed E-state index contributed by atoms with van der Waals surface area (Å²) in [6.07, 6.45) is -4.82. The van der Waals surface area contributed by atoms with Gasteiger partial charge in [-0.15, -0.1) is 13.2 Å². The van der Waals surface area contributed by atoms with Crippen LogP contribution in [-0.2, 0) is 18.0 Å². The van der Waals surface area contributed by atoms with Crippen LogP contribution in [0.5, 0.6) is 0 Å². The first kappa shape index (κ1) is 15.4. The summed E-state index contributed by atoms with van der Waals surface area (Å²) in [6, 6.07) is 13.6. The van der Waals surface area contributed by atoms with E-state index in [1.54, 1.807) is 36.4 Å². The van der Waals surface area contributed by atoms with Gasteiger partial charge >= 0.3 is 12.3 Å². The first-order valence-electron chi connectivity index (χ1n) is 6.90. The van der Waals surface area contributed by atoms with Crippen LogP contribution in [0.3, 0.4) is 0 Å². The summed E-state index contributed by atoms with van der Waals surface area (Å²) in [5.41, 5.74) is 0.972. The van der Waals surface area contributed by atoms with E-state index < -0.39 is 12.3 Å². The average Bonchev–Trinajstić information content (AvgIpc) is 2.52. The molecule has 2 amide bonds. The number of para-hydroxylation sites is 1. The smallest absolute Gasteiger partial charge is 0.264 e. The summed E-state index contributed by atoms with van der Waals surface area (Å²) in [4.78, 5) is 17.3. The number of anilines is 1. The van der Waals surface area contributed by atoms with Crippen molar-refractivity contribution in [3.05, 3.63) is 65.7 Å². The highest BCUT2D eigenvalue weighted by Gasteiger charge is 2.47. The lowest BCUT2D eigenvalue weighted by Crippen LogP contribution is -2.53. The minimum atomic E-state index is -4.82. The Balaban J connectivity index is 1.85. The number of rotatable bonds is 3. The number of amides is 2. The fourth-order valence-corrected chi connectivity index (χ4v) is 2.37. The van der Waals surface area contributed by atoms with Crippen LogP contribution >= 0.6 is 0 Å². The fourth-order valence-electron chi connectivity index (χ4n) is 2.37. The van der Waals surface area contributed by atoms with Crippen molar-refractivity contribution < 1.29 is 22.8 Å². The molecule has 0 radical (unpaired) electrons. The number of nitrogens with zero attached hydrogens (tertiary/aromatic N) is 2. The first-order chi connectivity index (χ1) is 11.0. The predicted octanol–water partition coefficient (Wildman–Crippen LogP) is 4.08. The molecule has 7 heteroatoms.